The zero-order chi connectivity index (χ0) is 16.4. The van der Waals surface area contributed by atoms with Gasteiger partial charge in [-0.25, -0.2) is 14.4 Å². The third kappa shape index (κ3) is 3.29. The second-order valence-electron chi connectivity index (χ2n) is 6.85. The summed E-state index contributed by atoms with van der Waals surface area (Å²) in [4.78, 5) is 27.1. The van der Waals surface area contributed by atoms with E-state index in [0.29, 0.717) is 12.5 Å². The van der Waals surface area contributed by atoms with Crippen molar-refractivity contribution in [3.05, 3.63) is 18.2 Å². The minimum atomic E-state index is -0.438. The predicted molar refractivity (Wildman–Crippen MR) is 85.6 cm³/mol. The van der Waals surface area contributed by atoms with Gasteiger partial charge < -0.3 is 14.7 Å². The standard InChI is InChI=1S/C16H24FN5O/c1-20(2)8-9-21-7-5-16(14(21)23)4-3-6-22(12-16)15-18-10-13(17)11-19-15/h10-11H,3-9,12H2,1-2H3. The normalized spacial score (nSPS) is 25.0. The first-order chi connectivity index (χ1) is 11.0. The SMILES string of the molecule is CN(C)CCN1CCC2(CCCN(c3ncc(F)cn3)C2)C1=O. The van der Waals surface area contributed by atoms with Gasteiger partial charge in [0.1, 0.15) is 0 Å². The van der Waals surface area contributed by atoms with Gasteiger partial charge in [-0.1, -0.05) is 0 Å². The van der Waals surface area contributed by atoms with Gasteiger partial charge in [-0.15, -0.1) is 0 Å². The zero-order valence-electron chi connectivity index (χ0n) is 13.8. The van der Waals surface area contributed by atoms with Gasteiger partial charge in [-0.3, -0.25) is 4.79 Å². The molecule has 0 radical (unpaired) electrons. The molecule has 1 spiro atoms. The number of hydrogen-bond acceptors (Lipinski definition) is 5. The minimum absolute atomic E-state index is 0.256. The van der Waals surface area contributed by atoms with E-state index in [1.807, 2.05) is 23.9 Å². The maximum absolute atomic E-state index is 13.0. The topological polar surface area (TPSA) is 52.6 Å². The van der Waals surface area contributed by atoms with Gasteiger partial charge >= 0.3 is 0 Å². The monoisotopic (exact) mass is 321 g/mol. The highest BCUT2D eigenvalue weighted by Gasteiger charge is 2.49. The maximum atomic E-state index is 13.0. The largest absolute Gasteiger partial charge is 0.341 e. The Labute approximate surface area is 136 Å². The second kappa shape index (κ2) is 6.39. The minimum Gasteiger partial charge on any atom is -0.341 e. The number of hydrogen-bond donors (Lipinski definition) is 0. The summed E-state index contributed by atoms with van der Waals surface area (Å²) in [6.07, 6.45) is 5.11. The molecule has 7 heteroatoms. The molecular weight excluding hydrogens is 297 g/mol. The maximum Gasteiger partial charge on any atom is 0.230 e. The van der Waals surface area contributed by atoms with Crippen molar-refractivity contribution in [3.63, 3.8) is 0 Å². The van der Waals surface area contributed by atoms with Gasteiger partial charge in [0, 0.05) is 32.7 Å². The lowest BCUT2D eigenvalue weighted by Crippen LogP contribution is -2.49. The highest BCUT2D eigenvalue weighted by Crippen LogP contribution is 2.40. The Bertz CT molecular complexity index is 564. The van der Waals surface area contributed by atoms with Crippen LogP contribution in [0.5, 0.6) is 0 Å². The van der Waals surface area contributed by atoms with Crippen LogP contribution in [-0.2, 0) is 4.79 Å². The third-order valence-corrected chi connectivity index (χ3v) is 4.88. The summed E-state index contributed by atoms with van der Waals surface area (Å²) in [6.45, 7) is 3.94. The molecule has 1 aromatic rings. The number of piperidine rings is 1. The molecule has 1 unspecified atom stereocenters. The van der Waals surface area contributed by atoms with Crippen molar-refractivity contribution in [2.75, 3.05) is 51.7 Å². The number of anilines is 1. The van der Waals surface area contributed by atoms with E-state index >= 15 is 0 Å². The molecule has 2 saturated heterocycles. The average molecular weight is 321 g/mol. The van der Waals surface area contributed by atoms with Crippen LogP contribution >= 0.6 is 0 Å². The fraction of sp³-hybridized carbons (Fsp3) is 0.688. The van der Waals surface area contributed by atoms with Gasteiger partial charge in [0.2, 0.25) is 11.9 Å². The van der Waals surface area contributed by atoms with Crippen LogP contribution in [0, 0.1) is 11.2 Å². The molecule has 1 atom stereocenters. The number of rotatable bonds is 4. The van der Waals surface area contributed by atoms with Crippen molar-refractivity contribution in [1.82, 2.24) is 19.8 Å². The highest BCUT2D eigenvalue weighted by atomic mass is 19.1. The molecule has 6 nitrogen and oxygen atoms in total. The van der Waals surface area contributed by atoms with Crippen LogP contribution < -0.4 is 4.90 Å². The molecule has 0 bridgehead atoms. The number of amides is 1. The van der Waals surface area contributed by atoms with Crippen molar-refractivity contribution >= 4 is 11.9 Å². The lowest BCUT2D eigenvalue weighted by Gasteiger charge is -2.39. The van der Waals surface area contributed by atoms with Crippen LogP contribution in [0.3, 0.4) is 0 Å². The van der Waals surface area contributed by atoms with E-state index in [4.69, 9.17) is 0 Å². The second-order valence-corrected chi connectivity index (χ2v) is 6.85. The molecule has 2 aliphatic heterocycles. The smallest absolute Gasteiger partial charge is 0.230 e. The Balaban J connectivity index is 1.70. The van der Waals surface area contributed by atoms with E-state index in [1.54, 1.807) is 0 Å². The van der Waals surface area contributed by atoms with Crippen LogP contribution in [0.25, 0.3) is 0 Å². The number of halogens is 1. The molecule has 3 heterocycles. The molecule has 0 N–H and O–H groups in total. The lowest BCUT2D eigenvalue weighted by molar-refractivity contribution is -0.136. The zero-order valence-corrected chi connectivity index (χ0v) is 13.8. The molecule has 126 valence electrons. The number of carbonyl (C=O) groups is 1. The number of likely N-dealkylation sites (N-methyl/N-ethyl adjacent to an activating group) is 1. The molecule has 0 saturated carbocycles. The number of aromatic nitrogens is 2. The molecule has 0 aliphatic carbocycles. The molecule has 2 fully saturated rings. The Hall–Kier alpha value is -1.76. The van der Waals surface area contributed by atoms with Crippen molar-refractivity contribution in [1.29, 1.82) is 0 Å². The Morgan fingerprint density at radius 3 is 2.70 bits per heavy atom. The van der Waals surface area contributed by atoms with Gasteiger partial charge in [-0.2, -0.15) is 0 Å². The quantitative estimate of drug-likeness (QED) is 0.828. The highest BCUT2D eigenvalue weighted by molar-refractivity contribution is 5.85. The molecule has 1 amide bonds. The Morgan fingerprint density at radius 2 is 2.00 bits per heavy atom. The van der Waals surface area contributed by atoms with Gasteiger partial charge in [0.15, 0.2) is 5.82 Å². The van der Waals surface area contributed by atoms with E-state index in [1.165, 1.54) is 12.4 Å². The summed E-state index contributed by atoms with van der Waals surface area (Å²) in [5, 5.41) is 0. The van der Waals surface area contributed by atoms with Crippen molar-refractivity contribution < 1.29 is 9.18 Å². The van der Waals surface area contributed by atoms with Gasteiger partial charge in [0.05, 0.1) is 17.8 Å². The van der Waals surface area contributed by atoms with Crippen LogP contribution in [0.4, 0.5) is 10.3 Å². The summed E-state index contributed by atoms with van der Waals surface area (Å²) in [5.41, 5.74) is -0.317. The Morgan fingerprint density at radius 1 is 1.26 bits per heavy atom. The molecular formula is C16H24FN5O. The first-order valence-electron chi connectivity index (χ1n) is 8.17. The molecule has 1 aromatic heterocycles. The molecule has 3 rings (SSSR count). The van der Waals surface area contributed by atoms with E-state index < -0.39 is 5.82 Å². The Kier molecular flexibility index (Phi) is 4.48. The van der Waals surface area contributed by atoms with E-state index in [2.05, 4.69) is 14.9 Å². The predicted octanol–water partition coefficient (Wildman–Crippen LogP) is 0.996. The molecule has 2 aliphatic rings. The first kappa shape index (κ1) is 16.1. The van der Waals surface area contributed by atoms with Crippen molar-refractivity contribution in [2.45, 2.75) is 19.3 Å². The fourth-order valence-electron chi connectivity index (χ4n) is 3.58. The fourth-order valence-corrected chi connectivity index (χ4v) is 3.58. The van der Waals surface area contributed by atoms with E-state index in [-0.39, 0.29) is 11.3 Å². The number of carbonyl (C=O) groups excluding carboxylic acids is 1. The first-order valence-corrected chi connectivity index (χ1v) is 8.17. The summed E-state index contributed by atoms with van der Waals surface area (Å²) in [6, 6.07) is 0. The van der Waals surface area contributed by atoms with Crippen LogP contribution in [0.2, 0.25) is 0 Å². The summed E-state index contributed by atoms with van der Waals surface area (Å²) < 4.78 is 13.0. The van der Waals surface area contributed by atoms with Crippen LogP contribution in [0.1, 0.15) is 19.3 Å². The van der Waals surface area contributed by atoms with E-state index in [0.717, 1.165) is 45.4 Å². The van der Waals surface area contributed by atoms with Gasteiger partial charge in [0.25, 0.3) is 0 Å². The number of nitrogens with zero attached hydrogens (tertiary/aromatic N) is 5. The summed E-state index contributed by atoms with van der Waals surface area (Å²) in [7, 11) is 4.04. The lowest BCUT2D eigenvalue weighted by atomic mass is 9.78. The van der Waals surface area contributed by atoms with Gasteiger partial charge in [-0.05, 0) is 33.4 Å². The van der Waals surface area contributed by atoms with Crippen LogP contribution in [0.15, 0.2) is 12.4 Å². The summed E-state index contributed by atoms with van der Waals surface area (Å²) in [5.74, 6) is 0.337. The average Bonchev–Trinajstić information content (AvgIpc) is 2.82. The van der Waals surface area contributed by atoms with Crippen molar-refractivity contribution in [3.8, 4) is 0 Å². The number of likely N-dealkylation sites (tertiary alicyclic amines) is 1. The van der Waals surface area contributed by atoms with Crippen LogP contribution in [-0.4, -0.2) is 72.5 Å². The van der Waals surface area contributed by atoms with Crippen molar-refractivity contribution in [2.24, 2.45) is 5.41 Å². The molecule has 0 aromatic carbocycles. The van der Waals surface area contributed by atoms with E-state index in [9.17, 15) is 9.18 Å². The third-order valence-electron chi connectivity index (χ3n) is 4.88. The molecule has 23 heavy (non-hydrogen) atoms. The summed E-state index contributed by atoms with van der Waals surface area (Å²) >= 11 is 0.